The molecule has 0 radical (unpaired) electrons. The van der Waals surface area contributed by atoms with E-state index in [0.717, 1.165) is 0 Å². The molecule has 1 amide bonds. The Bertz CT molecular complexity index is 1180. The summed E-state index contributed by atoms with van der Waals surface area (Å²) in [5, 5.41) is 9.24. The molecular formula is C25H30Cl2N2O5S. The molecule has 0 N–H and O–H groups in total. The predicted octanol–water partition coefficient (Wildman–Crippen LogP) is 6.86. The zero-order valence-corrected chi connectivity index (χ0v) is 22.8. The highest BCUT2D eigenvalue weighted by Gasteiger charge is 2.36. The molecule has 1 saturated heterocycles. The molecule has 35 heavy (non-hydrogen) atoms. The molecule has 2 aromatic rings. The van der Waals surface area contributed by atoms with Crippen LogP contribution in [0.3, 0.4) is 0 Å². The van der Waals surface area contributed by atoms with Crippen LogP contribution in [-0.2, 0) is 14.6 Å². The third kappa shape index (κ3) is 7.76. The average Bonchev–Trinajstić information content (AvgIpc) is 2.79. The monoisotopic (exact) mass is 540 g/mol. The lowest BCUT2D eigenvalue weighted by molar-refractivity contribution is 0.0217. The first-order valence-corrected chi connectivity index (χ1v) is 13.6. The van der Waals surface area contributed by atoms with Gasteiger partial charge in [-0.25, -0.2) is 13.2 Å². The van der Waals surface area contributed by atoms with Crippen LogP contribution in [0, 0.1) is 11.3 Å². The first-order chi connectivity index (χ1) is 16.4. The van der Waals surface area contributed by atoms with Crippen molar-refractivity contribution in [1.29, 1.82) is 5.26 Å². The summed E-state index contributed by atoms with van der Waals surface area (Å²) >= 11 is 12.1. The number of rotatable bonds is 4. The molecule has 0 aliphatic carbocycles. The SMILES string of the molecule is CC.CC(C)(C)OC(=O)N1CCC(S(=O)(=O)c2cc(C#N)ccc2Oc2cc(Cl)cc(Cl)c2)CC1. The van der Waals surface area contributed by atoms with Gasteiger partial charge in [0.15, 0.2) is 9.84 Å². The molecule has 1 aliphatic heterocycles. The van der Waals surface area contributed by atoms with E-state index in [1.807, 2.05) is 19.9 Å². The Morgan fingerprint density at radius 1 is 1.06 bits per heavy atom. The minimum absolute atomic E-state index is 0.0712. The standard InChI is InChI=1S/C23H24Cl2N2O5S.C2H6/c1-23(2,3)32-22(28)27-8-6-19(7-9-27)33(29,30)21-10-15(14-26)4-5-20(21)31-18-12-16(24)11-17(25)13-18;1-2/h4-5,10-13,19H,6-9H2,1-3H3;1-2H3. The fourth-order valence-electron chi connectivity index (χ4n) is 3.45. The summed E-state index contributed by atoms with van der Waals surface area (Å²) in [6.45, 7) is 9.82. The van der Waals surface area contributed by atoms with Crippen molar-refractivity contribution in [3.8, 4) is 17.6 Å². The third-order valence-corrected chi connectivity index (χ3v) is 7.69. The fourth-order valence-corrected chi connectivity index (χ4v) is 5.83. The normalized spacial score (nSPS) is 14.4. The molecule has 0 atom stereocenters. The Labute approximate surface area is 217 Å². The molecule has 1 aliphatic rings. The van der Waals surface area contributed by atoms with E-state index < -0.39 is 26.8 Å². The Hall–Kier alpha value is -2.47. The van der Waals surface area contributed by atoms with E-state index in [-0.39, 0.29) is 47.9 Å². The number of halogens is 2. The average molecular weight is 541 g/mol. The fraction of sp³-hybridized carbons (Fsp3) is 0.440. The van der Waals surface area contributed by atoms with Gasteiger partial charge in [-0.2, -0.15) is 5.26 Å². The summed E-state index contributed by atoms with van der Waals surface area (Å²) in [6.07, 6.45) is 0.00776. The highest BCUT2D eigenvalue weighted by atomic mass is 35.5. The van der Waals surface area contributed by atoms with Crippen LogP contribution < -0.4 is 4.74 Å². The Kier molecular flexibility index (Phi) is 9.85. The number of carbonyl (C=O) groups is 1. The summed E-state index contributed by atoms with van der Waals surface area (Å²) in [5.74, 6) is 0.343. The van der Waals surface area contributed by atoms with Crippen molar-refractivity contribution < 1.29 is 22.7 Å². The maximum atomic E-state index is 13.5. The Morgan fingerprint density at radius 3 is 2.14 bits per heavy atom. The molecule has 0 spiro atoms. The van der Waals surface area contributed by atoms with Gasteiger partial charge in [0.2, 0.25) is 0 Å². The number of sulfone groups is 1. The largest absolute Gasteiger partial charge is 0.456 e. The van der Waals surface area contributed by atoms with Gasteiger partial charge < -0.3 is 14.4 Å². The number of hydrogen-bond donors (Lipinski definition) is 0. The minimum Gasteiger partial charge on any atom is -0.456 e. The number of likely N-dealkylation sites (tertiary alicyclic amines) is 1. The lowest BCUT2D eigenvalue weighted by Gasteiger charge is -2.33. The van der Waals surface area contributed by atoms with Gasteiger partial charge in [-0.3, -0.25) is 0 Å². The highest BCUT2D eigenvalue weighted by molar-refractivity contribution is 7.92. The number of ether oxygens (including phenoxy) is 2. The lowest BCUT2D eigenvalue weighted by Crippen LogP contribution is -2.44. The zero-order chi connectivity index (χ0) is 26.4. The smallest absolute Gasteiger partial charge is 0.410 e. The van der Waals surface area contributed by atoms with Crippen LogP contribution in [-0.4, -0.2) is 43.4 Å². The number of carbonyl (C=O) groups excluding carboxylic acids is 1. The molecule has 1 fully saturated rings. The summed E-state index contributed by atoms with van der Waals surface area (Å²) < 4.78 is 38.3. The number of piperidine rings is 1. The molecule has 0 bridgehead atoms. The Morgan fingerprint density at radius 2 is 1.63 bits per heavy atom. The van der Waals surface area contributed by atoms with Crippen molar-refractivity contribution in [3.05, 3.63) is 52.0 Å². The molecule has 7 nitrogen and oxygen atoms in total. The van der Waals surface area contributed by atoms with E-state index in [2.05, 4.69) is 0 Å². The molecule has 1 heterocycles. The molecule has 0 unspecified atom stereocenters. The molecule has 3 rings (SSSR count). The van der Waals surface area contributed by atoms with Gasteiger partial charge in [0.05, 0.1) is 16.9 Å². The van der Waals surface area contributed by atoms with Crippen LogP contribution in [0.5, 0.6) is 11.5 Å². The number of nitrogens with zero attached hydrogens (tertiary/aromatic N) is 2. The predicted molar refractivity (Wildman–Crippen MR) is 137 cm³/mol. The van der Waals surface area contributed by atoms with Crippen molar-refractivity contribution in [2.45, 2.75) is 63.2 Å². The van der Waals surface area contributed by atoms with Gasteiger partial charge in [-0.1, -0.05) is 37.0 Å². The maximum absolute atomic E-state index is 13.5. The molecular weight excluding hydrogens is 511 g/mol. The Balaban J connectivity index is 0.00000210. The summed E-state index contributed by atoms with van der Waals surface area (Å²) in [4.78, 5) is 13.7. The van der Waals surface area contributed by atoms with Gasteiger partial charge in [0.25, 0.3) is 0 Å². The van der Waals surface area contributed by atoms with E-state index in [1.165, 1.54) is 41.3 Å². The molecule has 2 aromatic carbocycles. The van der Waals surface area contributed by atoms with E-state index in [4.69, 9.17) is 32.7 Å². The zero-order valence-electron chi connectivity index (χ0n) is 20.5. The molecule has 190 valence electrons. The molecule has 0 saturated carbocycles. The van der Waals surface area contributed by atoms with Crippen LogP contribution >= 0.6 is 23.2 Å². The van der Waals surface area contributed by atoms with Crippen molar-refractivity contribution in [1.82, 2.24) is 4.90 Å². The van der Waals surface area contributed by atoms with Crippen LogP contribution in [0.25, 0.3) is 0 Å². The quantitative estimate of drug-likeness (QED) is 0.420. The van der Waals surface area contributed by atoms with E-state index >= 15 is 0 Å². The number of benzene rings is 2. The minimum atomic E-state index is -3.87. The van der Waals surface area contributed by atoms with Crippen LogP contribution in [0.2, 0.25) is 10.0 Å². The second-order valence-corrected chi connectivity index (χ2v) is 11.8. The molecule has 10 heteroatoms. The molecule has 0 aromatic heterocycles. The van der Waals surface area contributed by atoms with Crippen molar-refractivity contribution >= 4 is 39.1 Å². The summed E-state index contributed by atoms with van der Waals surface area (Å²) in [5.41, 5.74) is -0.441. The van der Waals surface area contributed by atoms with E-state index in [1.54, 1.807) is 20.8 Å². The summed E-state index contributed by atoms with van der Waals surface area (Å²) in [6, 6.07) is 10.7. The summed E-state index contributed by atoms with van der Waals surface area (Å²) in [7, 11) is -3.87. The number of amides is 1. The topological polar surface area (TPSA) is 96.7 Å². The van der Waals surface area contributed by atoms with Crippen molar-refractivity contribution in [3.63, 3.8) is 0 Å². The van der Waals surface area contributed by atoms with Gasteiger partial charge in [0, 0.05) is 23.1 Å². The van der Waals surface area contributed by atoms with Crippen LogP contribution in [0.4, 0.5) is 4.79 Å². The first kappa shape index (κ1) is 28.8. The van der Waals surface area contributed by atoms with Gasteiger partial charge in [-0.15, -0.1) is 0 Å². The van der Waals surface area contributed by atoms with Gasteiger partial charge >= 0.3 is 6.09 Å². The number of hydrogen-bond acceptors (Lipinski definition) is 6. The lowest BCUT2D eigenvalue weighted by atomic mass is 10.1. The van der Waals surface area contributed by atoms with E-state index in [9.17, 15) is 18.5 Å². The maximum Gasteiger partial charge on any atom is 0.410 e. The van der Waals surface area contributed by atoms with E-state index in [0.29, 0.717) is 10.0 Å². The van der Waals surface area contributed by atoms with Crippen LogP contribution in [0.1, 0.15) is 53.0 Å². The highest BCUT2D eigenvalue weighted by Crippen LogP contribution is 2.36. The van der Waals surface area contributed by atoms with Crippen molar-refractivity contribution in [2.24, 2.45) is 0 Å². The van der Waals surface area contributed by atoms with Gasteiger partial charge in [-0.05, 0) is 70.0 Å². The number of nitriles is 1. The van der Waals surface area contributed by atoms with Gasteiger partial charge in [0.1, 0.15) is 22.0 Å². The second-order valence-electron chi connectivity index (χ2n) is 8.69. The third-order valence-electron chi connectivity index (χ3n) is 4.98. The van der Waals surface area contributed by atoms with Crippen molar-refractivity contribution in [2.75, 3.05) is 13.1 Å². The second kappa shape index (κ2) is 12.0. The van der Waals surface area contributed by atoms with Crippen LogP contribution in [0.15, 0.2) is 41.3 Å². The first-order valence-electron chi connectivity index (χ1n) is 11.3.